The van der Waals surface area contributed by atoms with Gasteiger partial charge in [0.2, 0.25) is 0 Å². The molecule has 0 fully saturated rings. The van der Waals surface area contributed by atoms with E-state index in [0.717, 1.165) is 11.3 Å². The van der Waals surface area contributed by atoms with Gasteiger partial charge < -0.3 is 4.74 Å². The Balaban J connectivity index is 2.75. The molecular weight excluding hydrogens is 244 g/mol. The van der Waals surface area contributed by atoms with Gasteiger partial charge in [-0.2, -0.15) is 0 Å². The van der Waals surface area contributed by atoms with Crippen molar-refractivity contribution in [3.05, 3.63) is 28.8 Å². The second-order valence-electron chi connectivity index (χ2n) is 3.26. The molecule has 16 heavy (non-hydrogen) atoms. The van der Waals surface area contributed by atoms with E-state index in [1.54, 1.807) is 11.8 Å². The third kappa shape index (κ3) is 4.06. The molecule has 0 aliphatic heterocycles. The lowest BCUT2D eigenvalue weighted by molar-refractivity contribution is -0.140. The minimum atomic E-state index is -0.188. The van der Waals surface area contributed by atoms with E-state index in [2.05, 4.69) is 11.7 Å². The van der Waals surface area contributed by atoms with E-state index in [-0.39, 0.29) is 5.97 Å². The molecule has 0 unspecified atom stereocenters. The van der Waals surface area contributed by atoms with Gasteiger partial charge in [0.25, 0.3) is 0 Å². The van der Waals surface area contributed by atoms with E-state index in [0.29, 0.717) is 17.9 Å². The summed E-state index contributed by atoms with van der Waals surface area (Å²) >= 11 is 7.70. The highest BCUT2D eigenvalue weighted by molar-refractivity contribution is 7.99. The number of halogens is 1. The van der Waals surface area contributed by atoms with E-state index in [9.17, 15) is 4.79 Å². The first-order chi connectivity index (χ1) is 7.67. The van der Waals surface area contributed by atoms with Crippen molar-refractivity contribution < 1.29 is 9.53 Å². The average molecular weight is 259 g/mol. The van der Waals surface area contributed by atoms with E-state index in [1.807, 2.05) is 18.2 Å². The van der Waals surface area contributed by atoms with Crippen LogP contribution in [0.15, 0.2) is 23.1 Å². The summed E-state index contributed by atoms with van der Waals surface area (Å²) in [5.41, 5.74) is 1.12. The van der Waals surface area contributed by atoms with Gasteiger partial charge in [-0.25, -0.2) is 0 Å². The Morgan fingerprint density at radius 3 is 2.88 bits per heavy atom. The van der Waals surface area contributed by atoms with Crippen LogP contribution in [-0.4, -0.2) is 18.8 Å². The molecule has 0 radical (unpaired) electrons. The molecule has 0 heterocycles. The third-order valence-electron chi connectivity index (χ3n) is 2.15. The van der Waals surface area contributed by atoms with Gasteiger partial charge in [0, 0.05) is 16.3 Å². The molecule has 0 aliphatic rings. The normalized spacial score (nSPS) is 10.2. The average Bonchev–Trinajstić information content (AvgIpc) is 2.29. The molecule has 1 aromatic carbocycles. The summed E-state index contributed by atoms with van der Waals surface area (Å²) in [5.74, 6) is 0.819. The van der Waals surface area contributed by atoms with E-state index in [4.69, 9.17) is 11.6 Å². The Kier molecular flexibility index (Phi) is 5.71. The van der Waals surface area contributed by atoms with Gasteiger partial charge in [-0.3, -0.25) is 4.79 Å². The molecule has 1 rings (SSSR count). The van der Waals surface area contributed by atoms with Crippen molar-refractivity contribution >= 4 is 29.3 Å². The number of carbonyl (C=O) groups is 1. The monoisotopic (exact) mass is 258 g/mol. The minimum absolute atomic E-state index is 0.188. The van der Waals surface area contributed by atoms with Crippen LogP contribution in [0.1, 0.15) is 18.9 Å². The van der Waals surface area contributed by atoms with Crippen LogP contribution >= 0.6 is 23.4 Å². The van der Waals surface area contributed by atoms with Crippen molar-refractivity contribution in [1.29, 1.82) is 0 Å². The quantitative estimate of drug-likeness (QED) is 0.597. The fourth-order valence-electron chi connectivity index (χ4n) is 1.38. The van der Waals surface area contributed by atoms with Crippen LogP contribution in [0, 0.1) is 0 Å². The maximum absolute atomic E-state index is 11.1. The van der Waals surface area contributed by atoms with Crippen LogP contribution < -0.4 is 0 Å². The van der Waals surface area contributed by atoms with Crippen molar-refractivity contribution in [2.45, 2.75) is 24.7 Å². The van der Waals surface area contributed by atoms with Crippen molar-refractivity contribution in [3.63, 3.8) is 0 Å². The van der Waals surface area contributed by atoms with Crippen LogP contribution in [0.4, 0.5) is 0 Å². The van der Waals surface area contributed by atoms with Crippen molar-refractivity contribution in [1.82, 2.24) is 0 Å². The third-order valence-corrected chi connectivity index (χ3v) is 3.38. The molecule has 0 aliphatic carbocycles. The predicted octanol–water partition coefficient (Wildman–Crippen LogP) is 3.56. The summed E-state index contributed by atoms with van der Waals surface area (Å²) in [6.45, 7) is 2.10. The van der Waals surface area contributed by atoms with E-state index in [1.165, 1.54) is 12.0 Å². The zero-order valence-corrected chi connectivity index (χ0v) is 11.0. The maximum Gasteiger partial charge on any atom is 0.305 e. The van der Waals surface area contributed by atoms with Gasteiger partial charge in [0.15, 0.2) is 0 Å². The Hall–Kier alpha value is -0.670. The van der Waals surface area contributed by atoms with Crippen molar-refractivity contribution in [2.75, 3.05) is 12.9 Å². The fraction of sp³-hybridized carbons (Fsp3) is 0.417. The Bertz CT molecular complexity index is 366. The van der Waals surface area contributed by atoms with Gasteiger partial charge in [0.05, 0.1) is 7.11 Å². The summed E-state index contributed by atoms with van der Waals surface area (Å²) < 4.78 is 4.62. The lowest BCUT2D eigenvalue weighted by atomic mass is 10.1. The number of esters is 1. The molecule has 0 saturated heterocycles. The van der Waals surface area contributed by atoms with E-state index < -0.39 is 0 Å². The number of ether oxygens (including phenoxy) is 1. The molecule has 0 bridgehead atoms. The molecule has 0 N–H and O–H groups in total. The molecule has 0 atom stereocenters. The van der Waals surface area contributed by atoms with Crippen LogP contribution in [-0.2, 0) is 16.0 Å². The lowest BCUT2D eigenvalue weighted by Gasteiger charge is -2.08. The van der Waals surface area contributed by atoms with Crippen LogP contribution in [0.5, 0.6) is 0 Å². The molecule has 1 aromatic rings. The lowest BCUT2D eigenvalue weighted by Crippen LogP contribution is -2.02. The molecule has 2 nitrogen and oxygen atoms in total. The minimum Gasteiger partial charge on any atom is -0.469 e. The van der Waals surface area contributed by atoms with Crippen molar-refractivity contribution in [3.8, 4) is 0 Å². The van der Waals surface area contributed by atoms with Crippen LogP contribution in [0.25, 0.3) is 0 Å². The molecule has 4 heteroatoms. The second kappa shape index (κ2) is 6.81. The van der Waals surface area contributed by atoms with Gasteiger partial charge in [-0.05, 0) is 35.9 Å². The summed E-state index contributed by atoms with van der Waals surface area (Å²) in [5, 5.41) is 0.709. The maximum atomic E-state index is 11.1. The molecule has 88 valence electrons. The number of hydrogen-bond donors (Lipinski definition) is 0. The SMILES string of the molecule is CCSc1ccc(Cl)cc1CCC(=O)OC. The number of methoxy groups -OCH3 is 1. The molecule has 0 amide bonds. The highest BCUT2D eigenvalue weighted by atomic mass is 35.5. The van der Waals surface area contributed by atoms with Crippen molar-refractivity contribution in [2.24, 2.45) is 0 Å². The predicted molar refractivity (Wildman–Crippen MR) is 68.2 cm³/mol. The van der Waals surface area contributed by atoms with Crippen LogP contribution in [0.3, 0.4) is 0 Å². The number of hydrogen-bond acceptors (Lipinski definition) is 3. The van der Waals surface area contributed by atoms with Gasteiger partial charge in [-0.15, -0.1) is 11.8 Å². The zero-order valence-electron chi connectivity index (χ0n) is 9.46. The summed E-state index contributed by atoms with van der Waals surface area (Å²) in [6.07, 6.45) is 1.07. The molecule has 0 spiro atoms. The number of aryl methyl sites for hydroxylation is 1. The second-order valence-corrected chi connectivity index (χ2v) is 5.00. The highest BCUT2D eigenvalue weighted by Gasteiger charge is 2.07. The Morgan fingerprint density at radius 2 is 2.25 bits per heavy atom. The largest absolute Gasteiger partial charge is 0.469 e. The first-order valence-corrected chi connectivity index (χ1v) is 6.51. The smallest absolute Gasteiger partial charge is 0.305 e. The molecule has 0 saturated carbocycles. The number of thioether (sulfide) groups is 1. The summed E-state index contributed by atoms with van der Waals surface area (Å²) in [7, 11) is 1.40. The standard InChI is InChI=1S/C12H15ClO2S/c1-3-16-11-6-5-10(13)8-9(11)4-7-12(14)15-2/h5-6,8H,3-4,7H2,1-2H3. The highest BCUT2D eigenvalue weighted by Crippen LogP contribution is 2.26. The van der Waals surface area contributed by atoms with Gasteiger partial charge in [0.1, 0.15) is 0 Å². The Morgan fingerprint density at radius 1 is 1.50 bits per heavy atom. The van der Waals surface area contributed by atoms with Gasteiger partial charge >= 0.3 is 5.97 Å². The molecule has 0 aromatic heterocycles. The fourth-order valence-corrected chi connectivity index (χ4v) is 2.39. The first kappa shape index (κ1) is 13.4. The van der Waals surface area contributed by atoms with E-state index >= 15 is 0 Å². The van der Waals surface area contributed by atoms with Crippen LogP contribution in [0.2, 0.25) is 5.02 Å². The summed E-state index contributed by atoms with van der Waals surface area (Å²) in [4.78, 5) is 12.3. The number of benzene rings is 1. The number of rotatable bonds is 5. The first-order valence-electron chi connectivity index (χ1n) is 5.15. The summed E-state index contributed by atoms with van der Waals surface area (Å²) in [6, 6.07) is 5.80. The number of carbonyl (C=O) groups excluding carboxylic acids is 1. The zero-order chi connectivity index (χ0) is 12.0. The topological polar surface area (TPSA) is 26.3 Å². The van der Waals surface area contributed by atoms with Gasteiger partial charge in [-0.1, -0.05) is 18.5 Å². The Labute approximate surface area is 105 Å². The molecular formula is C12H15ClO2S.